The topological polar surface area (TPSA) is 70.4 Å². The third-order valence-corrected chi connectivity index (χ3v) is 5.99. The molecule has 0 bridgehead atoms. The number of benzene rings is 1. The lowest BCUT2D eigenvalue weighted by Gasteiger charge is -2.20. The Morgan fingerprint density at radius 2 is 1.94 bits per heavy atom. The summed E-state index contributed by atoms with van der Waals surface area (Å²) in [6, 6.07) is 8.28. The van der Waals surface area contributed by atoms with Crippen LogP contribution in [0.3, 0.4) is 0 Å². The lowest BCUT2D eigenvalue weighted by molar-refractivity contribution is 0.415. The Morgan fingerprint density at radius 3 is 2.35 bits per heavy atom. The summed E-state index contributed by atoms with van der Waals surface area (Å²) in [5, 5.41) is 8.67. The molecule has 1 atom stereocenters. The molecule has 0 fully saturated rings. The number of ether oxygens (including phenoxy) is 1. The molecule has 1 rings (SSSR count). The number of sulfonamides is 1. The van der Waals surface area contributed by atoms with Gasteiger partial charge in [-0.1, -0.05) is 0 Å². The minimum Gasteiger partial charge on any atom is -0.497 e. The summed E-state index contributed by atoms with van der Waals surface area (Å²) >= 11 is 1.59. The summed E-state index contributed by atoms with van der Waals surface area (Å²) < 4.78 is 28.7. The highest BCUT2D eigenvalue weighted by Gasteiger charge is 2.27. The molecule has 7 heteroatoms. The molecule has 17 heavy (non-hydrogen) atoms. The summed E-state index contributed by atoms with van der Waals surface area (Å²) in [4.78, 5) is 0. The molecular weight excluding hydrogens is 355 g/mol. The van der Waals surface area contributed by atoms with Gasteiger partial charge < -0.3 is 4.74 Å². The van der Waals surface area contributed by atoms with E-state index in [0.29, 0.717) is 11.4 Å². The predicted octanol–water partition coefficient (Wildman–Crippen LogP) is 1.75. The molecule has 0 N–H and O–H groups in total. The van der Waals surface area contributed by atoms with E-state index in [0.717, 1.165) is 4.31 Å². The van der Waals surface area contributed by atoms with Crippen molar-refractivity contribution in [2.75, 3.05) is 18.5 Å². The van der Waals surface area contributed by atoms with Crippen LogP contribution in [0.4, 0.5) is 5.69 Å². The second kappa shape index (κ2) is 5.55. The summed E-state index contributed by atoms with van der Waals surface area (Å²) in [6.07, 6.45) is 0. The molecule has 92 valence electrons. The summed E-state index contributed by atoms with van der Waals surface area (Å²) in [5.41, 5.74) is 0.489. The highest BCUT2D eigenvalue weighted by molar-refractivity contribution is 14.1. The van der Waals surface area contributed by atoms with Gasteiger partial charge in [-0.2, -0.15) is 5.26 Å². The van der Waals surface area contributed by atoms with Crippen LogP contribution in [0.2, 0.25) is 0 Å². The van der Waals surface area contributed by atoms with Gasteiger partial charge in [0, 0.05) is 7.05 Å². The molecule has 0 aliphatic carbocycles. The fourth-order valence-electron chi connectivity index (χ4n) is 1.14. The quantitative estimate of drug-likeness (QED) is 0.601. The van der Waals surface area contributed by atoms with Crippen LogP contribution in [0.1, 0.15) is 0 Å². The SMILES string of the molecule is COc1ccc(N(C)S(=O)(=O)C(I)C#N)cc1. The summed E-state index contributed by atoms with van der Waals surface area (Å²) in [7, 11) is -0.693. The molecule has 1 aromatic rings. The molecule has 0 aliphatic heterocycles. The highest BCUT2D eigenvalue weighted by Crippen LogP contribution is 2.23. The van der Waals surface area contributed by atoms with Crippen molar-refractivity contribution < 1.29 is 13.2 Å². The monoisotopic (exact) mass is 366 g/mol. The van der Waals surface area contributed by atoms with Gasteiger partial charge in [-0.25, -0.2) is 8.42 Å². The fraction of sp³-hybridized carbons (Fsp3) is 0.300. The van der Waals surface area contributed by atoms with Crippen LogP contribution in [-0.4, -0.2) is 25.8 Å². The van der Waals surface area contributed by atoms with Gasteiger partial charge in [-0.05, 0) is 46.9 Å². The van der Waals surface area contributed by atoms with Crippen molar-refractivity contribution in [3.05, 3.63) is 24.3 Å². The number of anilines is 1. The maximum atomic E-state index is 11.9. The van der Waals surface area contributed by atoms with Crippen molar-refractivity contribution in [3.8, 4) is 11.8 Å². The lowest BCUT2D eigenvalue weighted by Crippen LogP contribution is -2.32. The van der Waals surface area contributed by atoms with Gasteiger partial charge >= 0.3 is 0 Å². The zero-order valence-corrected chi connectivity index (χ0v) is 12.3. The maximum absolute atomic E-state index is 11.9. The molecule has 1 aromatic carbocycles. The molecule has 0 amide bonds. The van der Waals surface area contributed by atoms with Crippen molar-refractivity contribution in [2.45, 2.75) is 3.26 Å². The predicted molar refractivity (Wildman–Crippen MR) is 73.7 cm³/mol. The average Bonchev–Trinajstić information content (AvgIpc) is 2.36. The van der Waals surface area contributed by atoms with Crippen LogP contribution in [-0.2, 0) is 10.0 Å². The number of hydrogen-bond acceptors (Lipinski definition) is 4. The number of methoxy groups -OCH3 is 1. The Balaban J connectivity index is 3.05. The van der Waals surface area contributed by atoms with E-state index in [1.54, 1.807) is 52.9 Å². The third kappa shape index (κ3) is 3.01. The molecule has 0 heterocycles. The number of nitriles is 1. The zero-order valence-electron chi connectivity index (χ0n) is 9.29. The average molecular weight is 366 g/mol. The Morgan fingerprint density at radius 1 is 1.41 bits per heavy atom. The van der Waals surface area contributed by atoms with E-state index in [1.807, 2.05) is 0 Å². The first-order valence-corrected chi connectivity index (χ1v) is 7.34. The Hall–Kier alpha value is -1.01. The normalized spacial score (nSPS) is 12.6. The number of hydrogen-bond donors (Lipinski definition) is 0. The van der Waals surface area contributed by atoms with Crippen molar-refractivity contribution in [3.63, 3.8) is 0 Å². The number of halogens is 1. The van der Waals surface area contributed by atoms with Gasteiger partial charge in [0.15, 0.2) is 0 Å². The van der Waals surface area contributed by atoms with Gasteiger partial charge in [0.2, 0.25) is 3.26 Å². The van der Waals surface area contributed by atoms with Gasteiger partial charge in [0.1, 0.15) is 5.75 Å². The van der Waals surface area contributed by atoms with Crippen LogP contribution < -0.4 is 9.04 Å². The van der Waals surface area contributed by atoms with E-state index in [4.69, 9.17) is 10.00 Å². The van der Waals surface area contributed by atoms with Gasteiger partial charge in [0.25, 0.3) is 10.0 Å². The first-order chi connectivity index (χ1) is 7.93. The number of nitrogens with zero attached hydrogens (tertiary/aromatic N) is 2. The molecule has 0 radical (unpaired) electrons. The first-order valence-electron chi connectivity index (χ1n) is 4.59. The summed E-state index contributed by atoms with van der Waals surface area (Å²) in [6.45, 7) is 0. The molecular formula is C10H11IN2O3S. The first kappa shape index (κ1) is 14.1. The molecule has 0 saturated heterocycles. The number of rotatable bonds is 4. The Kier molecular flexibility index (Phi) is 4.59. The Labute approximate surface area is 114 Å². The van der Waals surface area contributed by atoms with E-state index in [1.165, 1.54) is 14.2 Å². The van der Waals surface area contributed by atoms with Crippen molar-refractivity contribution in [1.29, 1.82) is 5.26 Å². The second-order valence-corrected chi connectivity index (χ2v) is 7.30. The van der Waals surface area contributed by atoms with E-state index in [-0.39, 0.29) is 0 Å². The van der Waals surface area contributed by atoms with E-state index in [9.17, 15) is 8.42 Å². The molecule has 0 saturated carbocycles. The van der Waals surface area contributed by atoms with E-state index < -0.39 is 13.3 Å². The smallest absolute Gasteiger partial charge is 0.260 e. The van der Waals surface area contributed by atoms with Gasteiger partial charge in [-0.15, -0.1) is 0 Å². The van der Waals surface area contributed by atoms with E-state index in [2.05, 4.69) is 0 Å². The minimum absolute atomic E-state index is 0.489. The van der Waals surface area contributed by atoms with Gasteiger partial charge in [-0.3, -0.25) is 4.31 Å². The molecule has 1 unspecified atom stereocenters. The van der Waals surface area contributed by atoms with Crippen LogP contribution in [0, 0.1) is 11.3 Å². The largest absolute Gasteiger partial charge is 0.497 e. The number of alkyl halides is 1. The molecule has 0 spiro atoms. The molecule has 0 aliphatic rings. The molecule has 5 nitrogen and oxygen atoms in total. The van der Waals surface area contributed by atoms with Crippen LogP contribution in [0.5, 0.6) is 5.75 Å². The van der Waals surface area contributed by atoms with Crippen molar-refractivity contribution >= 4 is 38.3 Å². The lowest BCUT2D eigenvalue weighted by atomic mass is 10.3. The fourth-order valence-corrected chi connectivity index (χ4v) is 2.99. The van der Waals surface area contributed by atoms with Crippen molar-refractivity contribution in [2.24, 2.45) is 0 Å². The zero-order chi connectivity index (χ0) is 13.1. The third-order valence-electron chi connectivity index (χ3n) is 2.18. The van der Waals surface area contributed by atoms with Crippen molar-refractivity contribution in [1.82, 2.24) is 0 Å². The van der Waals surface area contributed by atoms with Crippen LogP contribution in [0.25, 0.3) is 0 Å². The summed E-state index contributed by atoms with van der Waals surface area (Å²) in [5.74, 6) is 0.644. The molecule has 0 aromatic heterocycles. The standard InChI is InChI=1S/C10H11IN2O3S/c1-13(17(14,15)10(11)7-12)8-3-5-9(16-2)6-4-8/h3-6,10H,1-2H3. The Bertz CT molecular complexity index is 521. The van der Waals surface area contributed by atoms with Crippen LogP contribution >= 0.6 is 22.6 Å². The van der Waals surface area contributed by atoms with Crippen LogP contribution in [0.15, 0.2) is 24.3 Å². The highest BCUT2D eigenvalue weighted by atomic mass is 127. The second-order valence-electron chi connectivity index (χ2n) is 3.16. The van der Waals surface area contributed by atoms with Gasteiger partial charge in [0.05, 0.1) is 18.9 Å². The minimum atomic E-state index is -3.64. The maximum Gasteiger partial charge on any atom is 0.260 e. The van der Waals surface area contributed by atoms with E-state index >= 15 is 0 Å².